The lowest BCUT2D eigenvalue weighted by Gasteiger charge is -2.47. The summed E-state index contributed by atoms with van der Waals surface area (Å²) in [6.07, 6.45) is 4.61. The Morgan fingerprint density at radius 1 is 1.19 bits per heavy atom. The van der Waals surface area contributed by atoms with E-state index >= 15 is 0 Å². The van der Waals surface area contributed by atoms with E-state index in [2.05, 4.69) is 20.5 Å². The number of aliphatic carboxylic acids is 1. The third-order valence-corrected chi connectivity index (χ3v) is 6.70. The number of H-pyrrole nitrogens is 1. The molecule has 3 aliphatic rings. The molecule has 0 radical (unpaired) electrons. The van der Waals surface area contributed by atoms with Crippen LogP contribution in [0.15, 0.2) is 24.4 Å². The molecule has 3 saturated carbocycles. The number of halogens is 2. The summed E-state index contributed by atoms with van der Waals surface area (Å²) in [7, 11) is 0. The third-order valence-electron chi connectivity index (χ3n) is 6.70. The SMILES string of the molecule is N#Cc1cc(F)c(NC2C3CCC(CC3)[C@@H]2C(=O)O)cc1-c1[nH]nc2ncc(F)cc12. The van der Waals surface area contributed by atoms with Gasteiger partial charge in [-0.2, -0.15) is 10.4 Å². The van der Waals surface area contributed by atoms with Crippen LogP contribution < -0.4 is 5.32 Å². The first-order valence-electron chi connectivity index (χ1n) is 10.2. The molecule has 0 aliphatic heterocycles. The monoisotopic (exact) mass is 423 g/mol. The first-order valence-corrected chi connectivity index (χ1v) is 10.2. The van der Waals surface area contributed by atoms with Gasteiger partial charge < -0.3 is 10.4 Å². The van der Waals surface area contributed by atoms with Crippen LogP contribution in [0.1, 0.15) is 31.2 Å². The van der Waals surface area contributed by atoms with Crippen LogP contribution >= 0.6 is 0 Å². The number of fused-ring (bicyclic) bond motifs is 4. The number of carbonyl (C=O) groups is 1. The highest BCUT2D eigenvalue weighted by Gasteiger charge is 2.47. The molecule has 0 spiro atoms. The van der Waals surface area contributed by atoms with Crippen LogP contribution in [0.4, 0.5) is 14.5 Å². The molecule has 31 heavy (non-hydrogen) atoms. The van der Waals surface area contributed by atoms with Crippen LogP contribution in [0, 0.1) is 40.7 Å². The largest absolute Gasteiger partial charge is 0.481 e. The molecule has 158 valence electrons. The van der Waals surface area contributed by atoms with E-state index in [4.69, 9.17) is 0 Å². The minimum absolute atomic E-state index is 0.0535. The summed E-state index contributed by atoms with van der Waals surface area (Å²) in [5, 5.41) is 29.6. The van der Waals surface area contributed by atoms with Crippen molar-refractivity contribution in [1.82, 2.24) is 15.2 Å². The maximum absolute atomic E-state index is 14.9. The van der Waals surface area contributed by atoms with Gasteiger partial charge in [0.15, 0.2) is 5.65 Å². The van der Waals surface area contributed by atoms with Crippen LogP contribution in [-0.2, 0) is 4.79 Å². The predicted octanol–water partition coefficient (Wildman–Crippen LogP) is 4.08. The number of aromatic nitrogens is 3. The van der Waals surface area contributed by atoms with Crippen LogP contribution in [0.2, 0.25) is 0 Å². The zero-order chi connectivity index (χ0) is 21.7. The van der Waals surface area contributed by atoms with Crippen LogP contribution in [0.25, 0.3) is 22.3 Å². The second-order valence-electron chi connectivity index (χ2n) is 8.32. The molecule has 3 aliphatic carbocycles. The molecule has 0 amide bonds. The molecule has 2 aromatic heterocycles. The standard InChI is InChI=1S/C22H19F2N5O2/c23-13-6-15-20(28-29-21(15)26-9-13)14-7-17(16(24)5-12(14)8-25)27-19-11-3-1-10(2-4-11)18(19)22(30)31/h5-7,9-11,18-19,27H,1-4H2,(H,30,31)(H,26,28,29)/t10?,11?,18-,19?/m0/s1. The summed E-state index contributed by atoms with van der Waals surface area (Å²) in [5.74, 6) is -2.43. The Labute approximate surface area is 176 Å². The Kier molecular flexibility index (Phi) is 4.58. The van der Waals surface area contributed by atoms with Gasteiger partial charge in [0.05, 0.1) is 35.1 Å². The van der Waals surface area contributed by atoms with Gasteiger partial charge in [0.2, 0.25) is 0 Å². The molecular formula is C22H19F2N5O2. The minimum Gasteiger partial charge on any atom is -0.481 e. The molecule has 2 bridgehead atoms. The lowest BCUT2D eigenvalue weighted by molar-refractivity contribution is -0.148. The lowest BCUT2D eigenvalue weighted by Crippen LogP contribution is -2.51. The molecule has 6 rings (SSSR count). The molecular weight excluding hydrogens is 404 g/mol. The fourth-order valence-corrected chi connectivity index (χ4v) is 5.25. The Hall–Kier alpha value is -3.54. The molecule has 0 saturated heterocycles. The van der Waals surface area contributed by atoms with Crippen molar-refractivity contribution in [2.45, 2.75) is 31.7 Å². The average molecular weight is 423 g/mol. The molecule has 2 heterocycles. The van der Waals surface area contributed by atoms with Crippen molar-refractivity contribution < 1.29 is 18.7 Å². The second-order valence-corrected chi connectivity index (χ2v) is 8.32. The smallest absolute Gasteiger partial charge is 0.308 e. The normalized spacial score (nSPS) is 24.8. The highest BCUT2D eigenvalue weighted by atomic mass is 19.1. The maximum atomic E-state index is 14.9. The topological polar surface area (TPSA) is 115 Å². The number of nitrogens with one attached hydrogen (secondary N) is 2. The Morgan fingerprint density at radius 3 is 2.65 bits per heavy atom. The van der Waals surface area contributed by atoms with Gasteiger partial charge in [-0.05, 0) is 55.7 Å². The van der Waals surface area contributed by atoms with E-state index in [1.54, 1.807) is 0 Å². The summed E-state index contributed by atoms with van der Waals surface area (Å²) in [5.41, 5.74) is 1.13. The van der Waals surface area contributed by atoms with Gasteiger partial charge in [0.1, 0.15) is 11.6 Å². The number of carboxylic acids is 1. The van der Waals surface area contributed by atoms with Gasteiger partial charge in [0, 0.05) is 17.0 Å². The van der Waals surface area contributed by atoms with Gasteiger partial charge in [0.25, 0.3) is 0 Å². The van der Waals surface area contributed by atoms with E-state index in [1.807, 2.05) is 6.07 Å². The van der Waals surface area contributed by atoms with E-state index in [0.29, 0.717) is 16.6 Å². The molecule has 3 aromatic rings. The number of rotatable bonds is 4. The first-order chi connectivity index (χ1) is 15.0. The highest BCUT2D eigenvalue weighted by molar-refractivity contribution is 5.93. The number of hydrogen-bond donors (Lipinski definition) is 3. The van der Waals surface area contributed by atoms with Crippen molar-refractivity contribution >= 4 is 22.7 Å². The number of nitriles is 1. The van der Waals surface area contributed by atoms with Crippen LogP contribution in [-0.4, -0.2) is 32.3 Å². The zero-order valence-electron chi connectivity index (χ0n) is 16.4. The van der Waals surface area contributed by atoms with Crippen molar-refractivity contribution in [3.8, 4) is 17.3 Å². The summed E-state index contributed by atoms with van der Waals surface area (Å²) in [6.45, 7) is 0. The van der Waals surface area contributed by atoms with Gasteiger partial charge in [-0.1, -0.05) is 0 Å². The van der Waals surface area contributed by atoms with E-state index in [1.165, 1.54) is 12.1 Å². The van der Waals surface area contributed by atoms with Crippen molar-refractivity contribution in [1.29, 1.82) is 5.26 Å². The van der Waals surface area contributed by atoms with Gasteiger partial charge in [-0.25, -0.2) is 13.8 Å². The average Bonchev–Trinajstić information content (AvgIpc) is 3.18. The van der Waals surface area contributed by atoms with E-state index in [0.717, 1.165) is 37.9 Å². The number of nitrogens with zero attached hydrogens (tertiary/aromatic N) is 3. The summed E-state index contributed by atoms with van der Waals surface area (Å²) < 4.78 is 28.7. The van der Waals surface area contributed by atoms with Crippen molar-refractivity contribution in [2.24, 2.45) is 17.8 Å². The van der Waals surface area contributed by atoms with Gasteiger partial charge >= 0.3 is 5.97 Å². The summed E-state index contributed by atoms with van der Waals surface area (Å²) in [6, 6.07) is 5.39. The number of anilines is 1. The number of pyridine rings is 1. The molecule has 7 nitrogen and oxygen atoms in total. The third kappa shape index (κ3) is 3.19. The van der Waals surface area contributed by atoms with E-state index < -0.39 is 29.6 Å². The molecule has 3 fully saturated rings. The van der Waals surface area contributed by atoms with E-state index in [-0.39, 0.29) is 28.7 Å². The Morgan fingerprint density at radius 2 is 1.94 bits per heavy atom. The van der Waals surface area contributed by atoms with Crippen LogP contribution in [0.5, 0.6) is 0 Å². The zero-order valence-corrected chi connectivity index (χ0v) is 16.4. The Balaban J connectivity index is 1.58. The summed E-state index contributed by atoms with van der Waals surface area (Å²) >= 11 is 0. The number of aromatic amines is 1. The van der Waals surface area contributed by atoms with Crippen molar-refractivity contribution in [2.75, 3.05) is 5.32 Å². The molecule has 9 heteroatoms. The van der Waals surface area contributed by atoms with Crippen molar-refractivity contribution in [3.05, 3.63) is 41.6 Å². The molecule has 1 aromatic carbocycles. The number of hydrogen-bond acceptors (Lipinski definition) is 5. The molecule has 2 atom stereocenters. The summed E-state index contributed by atoms with van der Waals surface area (Å²) in [4.78, 5) is 15.8. The number of carboxylic acid groups (broad SMARTS) is 1. The highest BCUT2D eigenvalue weighted by Crippen LogP contribution is 2.47. The first kappa shape index (κ1) is 19.4. The Bertz CT molecular complexity index is 1230. The van der Waals surface area contributed by atoms with Gasteiger partial charge in [-0.15, -0.1) is 0 Å². The van der Waals surface area contributed by atoms with E-state index in [9.17, 15) is 23.9 Å². The number of benzene rings is 1. The fraction of sp³-hybridized carbons (Fsp3) is 0.364. The second kappa shape index (κ2) is 7.30. The predicted molar refractivity (Wildman–Crippen MR) is 108 cm³/mol. The lowest BCUT2D eigenvalue weighted by atomic mass is 9.61. The fourth-order valence-electron chi connectivity index (χ4n) is 5.25. The molecule has 1 unspecified atom stereocenters. The van der Waals surface area contributed by atoms with Crippen molar-refractivity contribution in [3.63, 3.8) is 0 Å². The maximum Gasteiger partial charge on any atom is 0.308 e. The quantitative estimate of drug-likeness (QED) is 0.583. The van der Waals surface area contributed by atoms with Gasteiger partial charge in [-0.3, -0.25) is 9.89 Å². The van der Waals surface area contributed by atoms with Crippen LogP contribution in [0.3, 0.4) is 0 Å². The molecule has 3 N–H and O–H groups in total. The minimum atomic E-state index is -0.873.